The molecule has 0 radical (unpaired) electrons. The van der Waals surface area contributed by atoms with Gasteiger partial charge in [0.1, 0.15) is 0 Å². The van der Waals surface area contributed by atoms with E-state index in [1.165, 1.54) is 0 Å². The zero-order valence-electron chi connectivity index (χ0n) is 15.1. The molecule has 24 heavy (non-hydrogen) atoms. The van der Waals surface area contributed by atoms with Crippen molar-refractivity contribution in [2.45, 2.75) is 52.4 Å². The maximum atomic E-state index is 11.8. The summed E-state index contributed by atoms with van der Waals surface area (Å²) in [5.74, 6) is 0. The van der Waals surface area contributed by atoms with E-state index in [2.05, 4.69) is 0 Å². The van der Waals surface area contributed by atoms with E-state index in [1.54, 1.807) is 0 Å². The van der Waals surface area contributed by atoms with Crippen LogP contribution in [0.3, 0.4) is 0 Å². The van der Waals surface area contributed by atoms with Crippen molar-refractivity contribution >= 4 is 17.3 Å². The Morgan fingerprint density at radius 1 is 0.833 bits per heavy atom. The summed E-state index contributed by atoms with van der Waals surface area (Å²) in [4.78, 5) is 11.6. The molecule has 0 atom stereocenters. The van der Waals surface area contributed by atoms with Gasteiger partial charge in [-0.3, -0.25) is 10.1 Å². The molecule has 0 spiro atoms. The van der Waals surface area contributed by atoms with Crippen LogP contribution in [0.15, 0.2) is 36.4 Å². The minimum absolute atomic E-state index is 0.229. The Kier molecular flexibility index (Phi) is 4.78. The summed E-state index contributed by atoms with van der Waals surface area (Å²) in [6.45, 7) is 12.0. The van der Waals surface area contributed by atoms with E-state index in [-0.39, 0.29) is 21.4 Å². The summed E-state index contributed by atoms with van der Waals surface area (Å²) < 4.78 is 0. The monoisotopic (exact) mass is 345 g/mol. The van der Waals surface area contributed by atoms with Crippen molar-refractivity contribution in [1.82, 2.24) is 0 Å². The summed E-state index contributed by atoms with van der Waals surface area (Å²) in [6, 6.07) is 11.5. The molecular weight excluding hydrogens is 322 g/mol. The SMILES string of the molecule is CC(C)(C)c1cc(-c2ccc(Cl)cc2)cc(C(C)(C)C)c1[N+](=O)[O-]. The van der Waals surface area contributed by atoms with Gasteiger partial charge in [0.15, 0.2) is 0 Å². The van der Waals surface area contributed by atoms with E-state index >= 15 is 0 Å². The molecule has 0 saturated heterocycles. The van der Waals surface area contributed by atoms with Crippen molar-refractivity contribution in [3.63, 3.8) is 0 Å². The van der Waals surface area contributed by atoms with Crippen LogP contribution in [0.5, 0.6) is 0 Å². The van der Waals surface area contributed by atoms with E-state index in [9.17, 15) is 10.1 Å². The second-order valence-corrected chi connectivity index (χ2v) is 8.62. The Labute approximate surface area is 148 Å². The van der Waals surface area contributed by atoms with Crippen LogP contribution in [0.4, 0.5) is 5.69 Å². The van der Waals surface area contributed by atoms with Crippen molar-refractivity contribution in [2.75, 3.05) is 0 Å². The molecule has 0 aliphatic carbocycles. The average molecular weight is 346 g/mol. The highest BCUT2D eigenvalue weighted by Gasteiger charge is 2.33. The number of benzene rings is 2. The van der Waals surface area contributed by atoms with E-state index in [0.29, 0.717) is 5.02 Å². The zero-order valence-corrected chi connectivity index (χ0v) is 15.9. The molecule has 0 heterocycles. The summed E-state index contributed by atoms with van der Waals surface area (Å²) in [6.07, 6.45) is 0. The number of nitrogens with zero attached hydrogens (tertiary/aromatic N) is 1. The zero-order chi connectivity index (χ0) is 18.3. The maximum Gasteiger partial charge on any atom is 0.276 e. The molecule has 4 heteroatoms. The van der Waals surface area contributed by atoms with Gasteiger partial charge in [-0.2, -0.15) is 0 Å². The van der Waals surface area contributed by atoms with Crippen LogP contribution in [0.25, 0.3) is 11.1 Å². The highest BCUT2D eigenvalue weighted by atomic mass is 35.5. The molecule has 0 fully saturated rings. The first kappa shape index (κ1) is 18.5. The predicted octanol–water partition coefficient (Wildman–Crippen LogP) is 6.51. The number of hydrogen-bond acceptors (Lipinski definition) is 2. The summed E-state index contributed by atoms with van der Waals surface area (Å²) in [5.41, 5.74) is 3.07. The normalized spacial score (nSPS) is 12.3. The molecule has 2 aromatic carbocycles. The third-order valence-electron chi connectivity index (χ3n) is 4.09. The molecule has 0 aliphatic rings. The largest absolute Gasteiger partial charge is 0.276 e. The van der Waals surface area contributed by atoms with Crippen LogP contribution in [0, 0.1) is 10.1 Å². The number of nitro groups is 1. The van der Waals surface area contributed by atoms with Gasteiger partial charge in [0.25, 0.3) is 5.69 Å². The molecule has 0 unspecified atom stereocenters. The van der Waals surface area contributed by atoms with Gasteiger partial charge in [0, 0.05) is 16.1 Å². The van der Waals surface area contributed by atoms with Crippen molar-refractivity contribution < 1.29 is 4.92 Å². The van der Waals surface area contributed by atoms with Crippen molar-refractivity contribution in [2.24, 2.45) is 0 Å². The van der Waals surface area contributed by atoms with E-state index < -0.39 is 0 Å². The number of nitro benzene ring substituents is 1. The van der Waals surface area contributed by atoms with Crippen molar-refractivity contribution in [1.29, 1.82) is 0 Å². The second-order valence-electron chi connectivity index (χ2n) is 8.18. The van der Waals surface area contributed by atoms with Gasteiger partial charge in [0.2, 0.25) is 0 Å². The molecule has 0 bridgehead atoms. The summed E-state index contributed by atoms with van der Waals surface area (Å²) in [5, 5.41) is 12.5. The first-order chi connectivity index (χ1) is 10.9. The fourth-order valence-corrected chi connectivity index (χ4v) is 2.91. The molecule has 0 aromatic heterocycles. The number of halogens is 1. The number of hydrogen-bond donors (Lipinski definition) is 0. The van der Waals surface area contributed by atoms with Gasteiger partial charge in [-0.25, -0.2) is 0 Å². The van der Waals surface area contributed by atoms with Gasteiger partial charge in [-0.1, -0.05) is 65.3 Å². The van der Waals surface area contributed by atoms with Gasteiger partial charge in [-0.05, 0) is 46.2 Å². The van der Waals surface area contributed by atoms with Crippen LogP contribution in [-0.4, -0.2) is 4.92 Å². The predicted molar refractivity (Wildman–Crippen MR) is 101 cm³/mol. The molecule has 2 aromatic rings. The topological polar surface area (TPSA) is 43.1 Å². The lowest BCUT2D eigenvalue weighted by Gasteiger charge is -2.26. The first-order valence-electron chi connectivity index (χ1n) is 8.00. The molecule has 0 aliphatic heterocycles. The number of rotatable bonds is 2. The Morgan fingerprint density at radius 2 is 1.25 bits per heavy atom. The van der Waals surface area contributed by atoms with Gasteiger partial charge in [0.05, 0.1) is 4.92 Å². The molecule has 128 valence electrons. The van der Waals surface area contributed by atoms with Crippen LogP contribution >= 0.6 is 11.6 Å². The van der Waals surface area contributed by atoms with E-state index in [1.807, 2.05) is 77.9 Å². The summed E-state index contributed by atoms with van der Waals surface area (Å²) in [7, 11) is 0. The molecular formula is C20H24ClNO2. The van der Waals surface area contributed by atoms with Crippen LogP contribution < -0.4 is 0 Å². The van der Waals surface area contributed by atoms with Crippen molar-refractivity contribution in [3.05, 3.63) is 62.7 Å². The van der Waals surface area contributed by atoms with E-state index in [0.717, 1.165) is 22.3 Å². The highest BCUT2D eigenvalue weighted by molar-refractivity contribution is 6.30. The first-order valence-corrected chi connectivity index (χ1v) is 8.38. The van der Waals surface area contributed by atoms with Crippen LogP contribution in [-0.2, 0) is 10.8 Å². The maximum absolute atomic E-state index is 11.8. The lowest BCUT2D eigenvalue weighted by molar-refractivity contribution is -0.387. The second kappa shape index (κ2) is 6.21. The van der Waals surface area contributed by atoms with Crippen molar-refractivity contribution in [3.8, 4) is 11.1 Å². The highest BCUT2D eigenvalue weighted by Crippen LogP contribution is 2.42. The lowest BCUT2D eigenvalue weighted by atomic mass is 9.77. The molecule has 0 saturated carbocycles. The van der Waals surface area contributed by atoms with Gasteiger partial charge < -0.3 is 0 Å². The Balaban J connectivity index is 2.85. The third-order valence-corrected chi connectivity index (χ3v) is 4.34. The molecule has 0 amide bonds. The quantitative estimate of drug-likeness (QED) is 0.460. The fraction of sp³-hybridized carbons (Fsp3) is 0.400. The van der Waals surface area contributed by atoms with E-state index in [4.69, 9.17) is 11.6 Å². The fourth-order valence-electron chi connectivity index (χ4n) is 2.78. The molecule has 3 nitrogen and oxygen atoms in total. The van der Waals surface area contributed by atoms with Crippen LogP contribution in [0.1, 0.15) is 52.7 Å². The smallest absolute Gasteiger partial charge is 0.258 e. The molecule has 2 rings (SSSR count). The Morgan fingerprint density at radius 3 is 1.58 bits per heavy atom. The minimum Gasteiger partial charge on any atom is -0.258 e. The van der Waals surface area contributed by atoms with Gasteiger partial charge in [-0.15, -0.1) is 0 Å². The lowest BCUT2D eigenvalue weighted by Crippen LogP contribution is -2.20. The average Bonchev–Trinajstić information content (AvgIpc) is 2.44. The Hall–Kier alpha value is -1.87. The summed E-state index contributed by atoms with van der Waals surface area (Å²) >= 11 is 5.98. The molecule has 0 N–H and O–H groups in total. The van der Waals surface area contributed by atoms with Crippen LogP contribution in [0.2, 0.25) is 5.02 Å². The Bertz CT molecular complexity index is 731. The third kappa shape index (κ3) is 3.78. The minimum atomic E-state index is -0.329. The standard InChI is InChI=1S/C20H24ClNO2/c1-19(2,3)16-11-14(13-7-9-15(21)10-8-13)12-17(20(4,5)6)18(16)22(23)24/h7-12H,1-6H3. The van der Waals surface area contributed by atoms with Gasteiger partial charge >= 0.3 is 0 Å².